The van der Waals surface area contributed by atoms with Crippen LogP contribution < -0.4 is 11.1 Å². The summed E-state index contributed by atoms with van der Waals surface area (Å²) in [5.41, 5.74) is 7.61. The first kappa shape index (κ1) is 11.9. The molecular weight excluding hydrogens is 214 g/mol. The second-order valence-corrected chi connectivity index (χ2v) is 4.64. The second-order valence-electron chi connectivity index (χ2n) is 4.64. The fourth-order valence-electron chi connectivity index (χ4n) is 2.13. The fraction of sp³-hybridized carbons (Fsp3) is 0.462. The van der Waals surface area contributed by atoms with Crippen molar-refractivity contribution in [1.29, 1.82) is 0 Å². The van der Waals surface area contributed by atoms with Gasteiger partial charge in [0.25, 0.3) is 0 Å². The molecule has 1 aliphatic heterocycles. The summed E-state index contributed by atoms with van der Waals surface area (Å²) in [6.07, 6.45) is 1.01. The van der Waals surface area contributed by atoms with Crippen molar-refractivity contribution in [3.8, 4) is 0 Å². The minimum absolute atomic E-state index is 0.0217. The number of likely N-dealkylation sites (tertiary alicyclic amines) is 1. The SMILES string of the molecule is Cc1cccc(NC(=O)N2CCC(CN)C2)c1. The quantitative estimate of drug-likeness (QED) is 0.818. The third-order valence-electron chi connectivity index (χ3n) is 3.18. The average molecular weight is 233 g/mol. The van der Waals surface area contributed by atoms with Gasteiger partial charge in [-0.3, -0.25) is 0 Å². The molecule has 1 atom stereocenters. The summed E-state index contributed by atoms with van der Waals surface area (Å²) in [5, 5.41) is 2.92. The maximum absolute atomic E-state index is 12.0. The smallest absolute Gasteiger partial charge is 0.321 e. The molecule has 4 heteroatoms. The van der Waals surface area contributed by atoms with Crippen LogP contribution in [0.5, 0.6) is 0 Å². The first-order valence-corrected chi connectivity index (χ1v) is 6.01. The molecule has 1 aromatic rings. The Morgan fingerprint density at radius 3 is 3.06 bits per heavy atom. The number of urea groups is 1. The molecule has 0 spiro atoms. The van der Waals surface area contributed by atoms with E-state index in [4.69, 9.17) is 5.73 Å². The van der Waals surface area contributed by atoms with E-state index in [0.717, 1.165) is 30.8 Å². The molecule has 1 aliphatic rings. The Hall–Kier alpha value is -1.55. The van der Waals surface area contributed by atoms with E-state index in [-0.39, 0.29) is 6.03 Å². The Kier molecular flexibility index (Phi) is 3.64. The van der Waals surface area contributed by atoms with Crippen LogP contribution in [-0.2, 0) is 0 Å². The van der Waals surface area contributed by atoms with E-state index < -0.39 is 0 Å². The van der Waals surface area contributed by atoms with E-state index in [9.17, 15) is 4.79 Å². The molecule has 1 unspecified atom stereocenters. The monoisotopic (exact) mass is 233 g/mol. The van der Waals surface area contributed by atoms with Crippen molar-refractivity contribution in [2.75, 3.05) is 25.0 Å². The van der Waals surface area contributed by atoms with E-state index in [1.54, 1.807) is 0 Å². The van der Waals surface area contributed by atoms with Gasteiger partial charge < -0.3 is 16.0 Å². The van der Waals surface area contributed by atoms with Crippen LogP contribution in [0.3, 0.4) is 0 Å². The normalized spacial score (nSPS) is 19.4. The highest BCUT2D eigenvalue weighted by Gasteiger charge is 2.25. The number of hydrogen-bond acceptors (Lipinski definition) is 2. The molecular formula is C13H19N3O. The molecule has 1 aromatic carbocycles. The molecule has 2 rings (SSSR count). The largest absolute Gasteiger partial charge is 0.330 e. The molecule has 0 aliphatic carbocycles. The summed E-state index contributed by atoms with van der Waals surface area (Å²) in [7, 11) is 0. The van der Waals surface area contributed by atoms with Crippen molar-refractivity contribution in [2.24, 2.45) is 11.7 Å². The highest BCUT2D eigenvalue weighted by atomic mass is 16.2. The van der Waals surface area contributed by atoms with Crippen molar-refractivity contribution >= 4 is 11.7 Å². The first-order chi connectivity index (χ1) is 8.19. The first-order valence-electron chi connectivity index (χ1n) is 6.01. The zero-order valence-corrected chi connectivity index (χ0v) is 10.1. The van der Waals surface area contributed by atoms with Crippen LogP contribution in [0, 0.1) is 12.8 Å². The lowest BCUT2D eigenvalue weighted by molar-refractivity contribution is 0.221. The molecule has 17 heavy (non-hydrogen) atoms. The van der Waals surface area contributed by atoms with Gasteiger partial charge in [0.05, 0.1) is 0 Å². The maximum Gasteiger partial charge on any atom is 0.321 e. The summed E-state index contributed by atoms with van der Waals surface area (Å²) in [6.45, 7) is 4.25. The molecule has 2 amide bonds. The van der Waals surface area contributed by atoms with E-state index in [1.165, 1.54) is 0 Å². The topological polar surface area (TPSA) is 58.4 Å². The van der Waals surface area contributed by atoms with Gasteiger partial charge in [-0.25, -0.2) is 4.79 Å². The Balaban J connectivity index is 1.93. The van der Waals surface area contributed by atoms with Gasteiger partial charge in [0.1, 0.15) is 0 Å². The highest BCUT2D eigenvalue weighted by Crippen LogP contribution is 2.17. The summed E-state index contributed by atoms with van der Waals surface area (Å²) in [4.78, 5) is 13.8. The number of amides is 2. The third-order valence-corrected chi connectivity index (χ3v) is 3.18. The van der Waals surface area contributed by atoms with E-state index in [2.05, 4.69) is 5.32 Å². The van der Waals surface area contributed by atoms with Crippen LogP contribution in [0.1, 0.15) is 12.0 Å². The lowest BCUT2D eigenvalue weighted by atomic mass is 10.1. The number of aryl methyl sites for hydroxylation is 1. The van der Waals surface area contributed by atoms with Crippen molar-refractivity contribution in [3.05, 3.63) is 29.8 Å². The Bertz CT molecular complexity index is 405. The predicted molar refractivity (Wildman–Crippen MR) is 68.9 cm³/mol. The summed E-state index contributed by atoms with van der Waals surface area (Å²) >= 11 is 0. The van der Waals surface area contributed by atoms with Gasteiger partial charge in [-0.15, -0.1) is 0 Å². The number of anilines is 1. The number of nitrogens with two attached hydrogens (primary N) is 1. The van der Waals surface area contributed by atoms with Crippen molar-refractivity contribution in [2.45, 2.75) is 13.3 Å². The average Bonchev–Trinajstić information content (AvgIpc) is 2.77. The molecule has 4 nitrogen and oxygen atoms in total. The molecule has 0 radical (unpaired) electrons. The van der Waals surface area contributed by atoms with Gasteiger partial charge >= 0.3 is 6.03 Å². The van der Waals surface area contributed by atoms with Crippen LogP contribution in [0.25, 0.3) is 0 Å². The molecule has 0 aromatic heterocycles. The molecule has 0 saturated carbocycles. The summed E-state index contributed by atoms with van der Waals surface area (Å²) in [6, 6.07) is 7.80. The fourth-order valence-corrected chi connectivity index (χ4v) is 2.13. The standard InChI is InChI=1S/C13H19N3O/c1-10-3-2-4-12(7-10)15-13(17)16-6-5-11(8-14)9-16/h2-4,7,11H,5-6,8-9,14H2,1H3,(H,15,17). The number of carbonyl (C=O) groups excluding carboxylic acids is 1. The van der Waals surface area contributed by atoms with E-state index in [0.29, 0.717) is 12.5 Å². The van der Waals surface area contributed by atoms with Gasteiger partial charge in [-0.05, 0) is 43.5 Å². The maximum atomic E-state index is 12.0. The van der Waals surface area contributed by atoms with Crippen molar-refractivity contribution in [3.63, 3.8) is 0 Å². The molecule has 1 heterocycles. The number of carbonyl (C=O) groups is 1. The zero-order chi connectivity index (χ0) is 12.3. The van der Waals surface area contributed by atoms with Crippen LogP contribution in [-0.4, -0.2) is 30.6 Å². The second kappa shape index (κ2) is 5.19. The van der Waals surface area contributed by atoms with Gasteiger partial charge in [0, 0.05) is 18.8 Å². The minimum Gasteiger partial charge on any atom is -0.330 e. The Labute approximate surface area is 102 Å². The number of rotatable bonds is 2. The van der Waals surface area contributed by atoms with Crippen molar-refractivity contribution in [1.82, 2.24) is 4.90 Å². The van der Waals surface area contributed by atoms with E-state index >= 15 is 0 Å². The molecule has 3 N–H and O–H groups in total. The van der Waals surface area contributed by atoms with E-state index in [1.807, 2.05) is 36.1 Å². The number of benzene rings is 1. The number of nitrogens with zero attached hydrogens (tertiary/aromatic N) is 1. The lowest BCUT2D eigenvalue weighted by Gasteiger charge is -2.17. The minimum atomic E-state index is -0.0217. The number of hydrogen-bond donors (Lipinski definition) is 2. The zero-order valence-electron chi connectivity index (χ0n) is 10.1. The predicted octanol–water partition coefficient (Wildman–Crippen LogP) is 1.81. The van der Waals surface area contributed by atoms with Gasteiger partial charge in [0.2, 0.25) is 0 Å². The summed E-state index contributed by atoms with van der Waals surface area (Å²) < 4.78 is 0. The molecule has 0 bridgehead atoms. The Morgan fingerprint density at radius 2 is 2.41 bits per heavy atom. The van der Waals surface area contributed by atoms with Crippen LogP contribution >= 0.6 is 0 Å². The summed E-state index contributed by atoms with van der Waals surface area (Å²) in [5.74, 6) is 0.457. The third kappa shape index (κ3) is 2.97. The molecule has 92 valence electrons. The van der Waals surface area contributed by atoms with Crippen molar-refractivity contribution < 1.29 is 4.79 Å². The lowest BCUT2D eigenvalue weighted by Crippen LogP contribution is -2.33. The van der Waals surface area contributed by atoms with Gasteiger partial charge in [-0.2, -0.15) is 0 Å². The van der Waals surface area contributed by atoms with Gasteiger partial charge in [-0.1, -0.05) is 12.1 Å². The van der Waals surface area contributed by atoms with Crippen LogP contribution in [0.2, 0.25) is 0 Å². The molecule has 1 fully saturated rings. The van der Waals surface area contributed by atoms with Gasteiger partial charge in [0.15, 0.2) is 0 Å². The molecule has 1 saturated heterocycles. The van der Waals surface area contributed by atoms with Crippen LogP contribution in [0.4, 0.5) is 10.5 Å². The van der Waals surface area contributed by atoms with Crippen LogP contribution in [0.15, 0.2) is 24.3 Å². The number of nitrogens with one attached hydrogen (secondary N) is 1. The highest BCUT2D eigenvalue weighted by molar-refractivity contribution is 5.89. The Morgan fingerprint density at radius 1 is 1.59 bits per heavy atom.